The van der Waals surface area contributed by atoms with Crippen LogP contribution in [0.2, 0.25) is 0 Å². The van der Waals surface area contributed by atoms with Crippen LogP contribution in [0.5, 0.6) is 0 Å². The minimum Gasteiger partial charge on any atom is -0.423 e. The molecule has 0 atom stereocenters. The summed E-state index contributed by atoms with van der Waals surface area (Å²) < 4.78 is 5.07. The molecular weight excluding hydrogens is 268 g/mol. The first-order chi connectivity index (χ1) is 10.2. The summed E-state index contributed by atoms with van der Waals surface area (Å²) in [6.45, 7) is 2.43. The quantitative estimate of drug-likeness (QED) is 0.879. The van der Waals surface area contributed by atoms with Gasteiger partial charge < -0.3 is 9.73 Å². The number of carbonyl (C=O) groups excluding carboxylic acids is 1. The van der Waals surface area contributed by atoms with E-state index < -0.39 is 0 Å². The standard InChI is InChI=1S/C16H18N2O3/c19-15(11-18-8-2-1-3-9-18)17-13-5-6-14-12(10-13)4-7-16(20)21-14/h4-7,10H,1-3,8-9,11H2,(H,17,19). The predicted octanol–water partition coefficient (Wildman–Crippen LogP) is 2.22. The van der Waals surface area contributed by atoms with E-state index in [1.807, 2.05) is 6.07 Å². The van der Waals surface area contributed by atoms with Gasteiger partial charge in [0.05, 0.1) is 6.54 Å². The zero-order chi connectivity index (χ0) is 14.7. The molecule has 2 aromatic rings. The van der Waals surface area contributed by atoms with Gasteiger partial charge in [-0.3, -0.25) is 9.69 Å². The summed E-state index contributed by atoms with van der Waals surface area (Å²) >= 11 is 0. The summed E-state index contributed by atoms with van der Waals surface area (Å²) in [7, 11) is 0. The fraction of sp³-hybridized carbons (Fsp3) is 0.375. The number of amides is 1. The molecule has 1 amide bonds. The fourth-order valence-electron chi connectivity index (χ4n) is 2.67. The molecule has 0 bridgehead atoms. The van der Waals surface area contributed by atoms with Crippen LogP contribution < -0.4 is 10.9 Å². The molecule has 1 aromatic heterocycles. The summed E-state index contributed by atoms with van der Waals surface area (Å²) in [6.07, 6.45) is 3.60. The third kappa shape index (κ3) is 3.49. The first kappa shape index (κ1) is 13.8. The van der Waals surface area contributed by atoms with Crippen molar-refractivity contribution in [2.45, 2.75) is 19.3 Å². The molecule has 0 radical (unpaired) electrons. The van der Waals surface area contributed by atoms with Crippen molar-refractivity contribution in [3.05, 3.63) is 40.8 Å². The van der Waals surface area contributed by atoms with Crippen molar-refractivity contribution < 1.29 is 9.21 Å². The van der Waals surface area contributed by atoms with Crippen LogP contribution in [0.3, 0.4) is 0 Å². The van der Waals surface area contributed by atoms with Crippen LogP contribution in [0.4, 0.5) is 5.69 Å². The monoisotopic (exact) mass is 286 g/mol. The molecule has 0 aliphatic carbocycles. The SMILES string of the molecule is O=C(CN1CCCCC1)Nc1ccc2oc(=O)ccc2c1. The van der Waals surface area contributed by atoms with Crippen molar-refractivity contribution in [1.29, 1.82) is 0 Å². The van der Waals surface area contributed by atoms with E-state index in [0.717, 1.165) is 24.2 Å². The van der Waals surface area contributed by atoms with Gasteiger partial charge in [-0.2, -0.15) is 0 Å². The van der Waals surface area contributed by atoms with Gasteiger partial charge in [0.1, 0.15) is 5.58 Å². The van der Waals surface area contributed by atoms with E-state index in [0.29, 0.717) is 12.1 Å². The molecule has 1 N–H and O–H groups in total. The summed E-state index contributed by atoms with van der Waals surface area (Å²) in [6, 6.07) is 8.34. The van der Waals surface area contributed by atoms with Crippen molar-refractivity contribution in [2.75, 3.05) is 25.0 Å². The maximum atomic E-state index is 12.0. The van der Waals surface area contributed by atoms with E-state index in [9.17, 15) is 9.59 Å². The Balaban J connectivity index is 1.67. The summed E-state index contributed by atoms with van der Waals surface area (Å²) in [5.41, 5.74) is 0.874. The van der Waals surface area contributed by atoms with Crippen LogP contribution in [0.1, 0.15) is 19.3 Å². The molecule has 1 fully saturated rings. The third-order valence-electron chi connectivity index (χ3n) is 3.72. The van der Waals surface area contributed by atoms with Crippen LogP contribution in [-0.2, 0) is 4.79 Å². The Morgan fingerprint density at radius 1 is 1.14 bits per heavy atom. The highest BCUT2D eigenvalue weighted by Crippen LogP contribution is 2.17. The lowest BCUT2D eigenvalue weighted by Crippen LogP contribution is -2.36. The van der Waals surface area contributed by atoms with E-state index in [4.69, 9.17) is 4.42 Å². The van der Waals surface area contributed by atoms with Crippen LogP contribution in [0, 0.1) is 0 Å². The maximum absolute atomic E-state index is 12.0. The first-order valence-corrected chi connectivity index (χ1v) is 7.27. The van der Waals surface area contributed by atoms with Gasteiger partial charge in [0.15, 0.2) is 0 Å². The van der Waals surface area contributed by atoms with Gasteiger partial charge in [0.25, 0.3) is 0 Å². The number of hydrogen-bond acceptors (Lipinski definition) is 4. The van der Waals surface area contributed by atoms with Gasteiger partial charge >= 0.3 is 5.63 Å². The number of benzene rings is 1. The molecule has 1 aliphatic heterocycles. The van der Waals surface area contributed by atoms with Gasteiger partial charge in [-0.25, -0.2) is 4.79 Å². The van der Waals surface area contributed by atoms with E-state index >= 15 is 0 Å². The predicted molar refractivity (Wildman–Crippen MR) is 81.4 cm³/mol. The topological polar surface area (TPSA) is 62.6 Å². The van der Waals surface area contributed by atoms with Gasteiger partial charge in [-0.1, -0.05) is 6.42 Å². The molecule has 21 heavy (non-hydrogen) atoms. The number of piperidine rings is 1. The Morgan fingerprint density at radius 2 is 1.95 bits per heavy atom. The lowest BCUT2D eigenvalue weighted by atomic mass is 10.1. The molecule has 5 nitrogen and oxygen atoms in total. The number of rotatable bonds is 3. The molecular formula is C16H18N2O3. The van der Waals surface area contributed by atoms with Gasteiger partial charge in [0, 0.05) is 17.1 Å². The number of carbonyl (C=O) groups is 1. The van der Waals surface area contributed by atoms with Crippen molar-refractivity contribution in [2.24, 2.45) is 0 Å². The highest BCUT2D eigenvalue weighted by atomic mass is 16.4. The normalized spacial score (nSPS) is 16.0. The van der Waals surface area contributed by atoms with Crippen molar-refractivity contribution in [1.82, 2.24) is 4.90 Å². The number of hydrogen-bond donors (Lipinski definition) is 1. The van der Waals surface area contributed by atoms with Crippen LogP contribution in [0.15, 0.2) is 39.5 Å². The van der Waals surface area contributed by atoms with Crippen LogP contribution in [-0.4, -0.2) is 30.4 Å². The van der Waals surface area contributed by atoms with Gasteiger partial charge in [-0.15, -0.1) is 0 Å². The van der Waals surface area contributed by atoms with E-state index in [1.165, 1.54) is 25.3 Å². The second kappa shape index (κ2) is 6.10. The Kier molecular flexibility index (Phi) is 4.01. The average Bonchev–Trinajstić information content (AvgIpc) is 2.48. The maximum Gasteiger partial charge on any atom is 0.336 e. The largest absolute Gasteiger partial charge is 0.423 e. The van der Waals surface area contributed by atoms with Crippen molar-refractivity contribution >= 4 is 22.6 Å². The minimum atomic E-state index is -0.371. The molecule has 0 saturated carbocycles. The number of likely N-dealkylation sites (tertiary alicyclic amines) is 1. The van der Waals surface area contributed by atoms with Crippen molar-refractivity contribution in [3.63, 3.8) is 0 Å². The number of nitrogens with zero attached hydrogens (tertiary/aromatic N) is 1. The molecule has 5 heteroatoms. The van der Waals surface area contributed by atoms with Crippen molar-refractivity contribution in [3.8, 4) is 0 Å². The number of fused-ring (bicyclic) bond motifs is 1. The molecule has 2 heterocycles. The second-order valence-corrected chi connectivity index (χ2v) is 5.39. The van der Waals surface area contributed by atoms with Gasteiger partial charge in [0.2, 0.25) is 5.91 Å². The summed E-state index contributed by atoms with van der Waals surface area (Å²) in [5, 5.41) is 3.69. The second-order valence-electron chi connectivity index (χ2n) is 5.39. The lowest BCUT2D eigenvalue weighted by molar-refractivity contribution is -0.117. The summed E-state index contributed by atoms with van der Waals surface area (Å²) in [5.74, 6) is -0.00589. The fourth-order valence-corrected chi connectivity index (χ4v) is 2.67. The van der Waals surface area contributed by atoms with E-state index in [-0.39, 0.29) is 11.5 Å². The first-order valence-electron chi connectivity index (χ1n) is 7.27. The van der Waals surface area contributed by atoms with Crippen LogP contribution in [0.25, 0.3) is 11.0 Å². The molecule has 1 aliphatic rings. The Morgan fingerprint density at radius 3 is 2.76 bits per heavy atom. The highest BCUT2D eigenvalue weighted by molar-refractivity contribution is 5.94. The van der Waals surface area contributed by atoms with E-state index in [2.05, 4.69) is 10.2 Å². The molecule has 1 aromatic carbocycles. The Bertz CT molecular complexity index is 702. The molecule has 110 valence electrons. The third-order valence-corrected chi connectivity index (χ3v) is 3.72. The number of nitrogens with one attached hydrogen (secondary N) is 1. The molecule has 0 spiro atoms. The molecule has 0 unspecified atom stereocenters. The Labute approximate surface area is 122 Å². The molecule has 3 rings (SSSR count). The zero-order valence-electron chi connectivity index (χ0n) is 11.8. The Hall–Kier alpha value is -2.14. The van der Waals surface area contributed by atoms with Crippen LogP contribution >= 0.6 is 0 Å². The number of anilines is 1. The van der Waals surface area contributed by atoms with Gasteiger partial charge in [-0.05, 0) is 50.2 Å². The smallest absolute Gasteiger partial charge is 0.336 e. The lowest BCUT2D eigenvalue weighted by Gasteiger charge is -2.25. The minimum absolute atomic E-state index is 0.00589. The van der Waals surface area contributed by atoms with E-state index in [1.54, 1.807) is 18.2 Å². The summed E-state index contributed by atoms with van der Waals surface area (Å²) in [4.78, 5) is 25.3. The molecule has 1 saturated heterocycles. The average molecular weight is 286 g/mol. The zero-order valence-corrected chi connectivity index (χ0v) is 11.8. The highest BCUT2D eigenvalue weighted by Gasteiger charge is 2.13.